The summed E-state index contributed by atoms with van der Waals surface area (Å²) in [4.78, 5) is 13.4. The molecule has 3 unspecified atom stereocenters. The highest BCUT2D eigenvalue weighted by Gasteiger charge is 2.48. The van der Waals surface area contributed by atoms with Crippen molar-refractivity contribution in [2.45, 2.75) is 37.9 Å². The molecule has 0 amide bonds. The lowest BCUT2D eigenvalue weighted by molar-refractivity contribution is -0.142. The molecule has 20 heavy (non-hydrogen) atoms. The second-order valence-electron chi connectivity index (χ2n) is 5.61. The van der Waals surface area contributed by atoms with Gasteiger partial charge in [0.1, 0.15) is 5.82 Å². The van der Waals surface area contributed by atoms with Crippen LogP contribution in [0.1, 0.15) is 30.4 Å². The van der Waals surface area contributed by atoms with Crippen LogP contribution < -0.4 is 0 Å². The van der Waals surface area contributed by atoms with Gasteiger partial charge in [-0.1, -0.05) is 0 Å². The van der Waals surface area contributed by atoms with Gasteiger partial charge >= 0.3 is 5.97 Å². The minimum absolute atomic E-state index is 0.0475. The van der Waals surface area contributed by atoms with Crippen molar-refractivity contribution in [3.8, 4) is 6.07 Å². The van der Waals surface area contributed by atoms with Crippen molar-refractivity contribution in [2.24, 2.45) is 5.92 Å². The van der Waals surface area contributed by atoms with Gasteiger partial charge < -0.3 is 5.11 Å². The number of carboxylic acid groups (broad SMARTS) is 1. The normalized spacial score (nSPS) is 28.5. The number of benzene rings is 1. The molecule has 2 aliphatic rings. The Balaban J connectivity index is 1.81. The third-order valence-electron chi connectivity index (χ3n) is 4.45. The lowest BCUT2D eigenvalue weighted by atomic mass is 9.89. The Morgan fingerprint density at radius 2 is 2.25 bits per heavy atom. The topological polar surface area (TPSA) is 64.3 Å². The summed E-state index contributed by atoms with van der Waals surface area (Å²) in [5.74, 6) is -1.46. The third-order valence-corrected chi connectivity index (χ3v) is 4.45. The van der Waals surface area contributed by atoms with E-state index in [1.165, 1.54) is 12.1 Å². The third kappa shape index (κ3) is 2.16. The molecule has 2 aliphatic heterocycles. The smallest absolute Gasteiger partial charge is 0.308 e. The standard InChI is InChI=1S/C15H15FN2O2/c16-11-4-9(7-17)3-10(5-11)8-18-12-1-2-14(18)13(6-12)15(19)20/h3-5,12-14H,1-2,6,8H2,(H,19,20). The lowest BCUT2D eigenvalue weighted by Crippen LogP contribution is -2.32. The first kappa shape index (κ1) is 13.1. The first-order valence-electron chi connectivity index (χ1n) is 6.76. The number of rotatable bonds is 3. The van der Waals surface area contributed by atoms with Crippen LogP contribution in [0.15, 0.2) is 18.2 Å². The number of carbonyl (C=O) groups is 1. The van der Waals surface area contributed by atoms with E-state index >= 15 is 0 Å². The molecular weight excluding hydrogens is 259 g/mol. The Bertz CT molecular complexity index is 596. The van der Waals surface area contributed by atoms with Gasteiger partial charge in [0.05, 0.1) is 17.6 Å². The van der Waals surface area contributed by atoms with E-state index in [1.54, 1.807) is 6.07 Å². The molecule has 0 aliphatic carbocycles. The van der Waals surface area contributed by atoms with Crippen molar-refractivity contribution in [3.63, 3.8) is 0 Å². The van der Waals surface area contributed by atoms with Crippen LogP contribution in [0.25, 0.3) is 0 Å². The second kappa shape index (κ2) is 4.88. The average Bonchev–Trinajstić information content (AvgIpc) is 2.95. The van der Waals surface area contributed by atoms with Gasteiger partial charge in [-0.25, -0.2) is 4.39 Å². The van der Waals surface area contributed by atoms with Gasteiger partial charge in [-0.05, 0) is 43.0 Å². The van der Waals surface area contributed by atoms with Crippen molar-refractivity contribution >= 4 is 5.97 Å². The number of aliphatic carboxylic acids is 1. The molecule has 2 fully saturated rings. The average molecular weight is 274 g/mol. The van der Waals surface area contributed by atoms with E-state index in [-0.39, 0.29) is 18.0 Å². The van der Waals surface area contributed by atoms with Crippen LogP contribution in [0.5, 0.6) is 0 Å². The van der Waals surface area contributed by atoms with Gasteiger partial charge in [0.15, 0.2) is 0 Å². The van der Waals surface area contributed by atoms with Crippen LogP contribution >= 0.6 is 0 Å². The van der Waals surface area contributed by atoms with Crippen LogP contribution in [0.4, 0.5) is 4.39 Å². The number of fused-ring (bicyclic) bond motifs is 2. The first-order chi connectivity index (χ1) is 9.58. The molecule has 0 spiro atoms. The molecular formula is C15H15FN2O2. The molecule has 0 radical (unpaired) electrons. The SMILES string of the molecule is N#Cc1cc(F)cc(CN2C3CCC2C(C(=O)O)C3)c1. The summed E-state index contributed by atoms with van der Waals surface area (Å²) in [7, 11) is 0. The minimum Gasteiger partial charge on any atom is -0.481 e. The molecule has 4 nitrogen and oxygen atoms in total. The summed E-state index contributed by atoms with van der Waals surface area (Å²) in [5.41, 5.74) is 1.05. The Labute approximate surface area is 116 Å². The summed E-state index contributed by atoms with van der Waals surface area (Å²) < 4.78 is 13.4. The van der Waals surface area contributed by atoms with Gasteiger partial charge in [0, 0.05) is 18.6 Å². The quantitative estimate of drug-likeness (QED) is 0.917. The van der Waals surface area contributed by atoms with Gasteiger partial charge in [-0.3, -0.25) is 9.69 Å². The Hall–Kier alpha value is -1.93. The predicted molar refractivity (Wildman–Crippen MR) is 69.2 cm³/mol. The molecule has 0 aromatic heterocycles. The summed E-state index contributed by atoms with van der Waals surface area (Å²) >= 11 is 0. The maximum Gasteiger partial charge on any atom is 0.308 e. The first-order valence-corrected chi connectivity index (χ1v) is 6.76. The molecule has 5 heteroatoms. The predicted octanol–water partition coefficient (Wildman–Crippen LogP) is 2.13. The second-order valence-corrected chi connectivity index (χ2v) is 5.61. The highest BCUT2D eigenvalue weighted by molar-refractivity contribution is 5.71. The Morgan fingerprint density at radius 3 is 2.90 bits per heavy atom. The summed E-state index contributed by atoms with van der Waals surface area (Å²) in [6, 6.07) is 6.58. The maximum absolute atomic E-state index is 13.4. The fraction of sp³-hybridized carbons (Fsp3) is 0.467. The fourth-order valence-electron chi connectivity index (χ4n) is 3.63. The molecule has 2 heterocycles. The van der Waals surface area contributed by atoms with E-state index < -0.39 is 11.8 Å². The van der Waals surface area contributed by atoms with Crippen molar-refractivity contribution in [3.05, 3.63) is 35.1 Å². The van der Waals surface area contributed by atoms with Gasteiger partial charge in [-0.15, -0.1) is 0 Å². The highest BCUT2D eigenvalue weighted by atomic mass is 19.1. The van der Waals surface area contributed by atoms with E-state index in [2.05, 4.69) is 4.90 Å². The van der Waals surface area contributed by atoms with Gasteiger partial charge in [-0.2, -0.15) is 5.26 Å². The maximum atomic E-state index is 13.4. The summed E-state index contributed by atoms with van der Waals surface area (Å²) in [6.45, 7) is 0.519. The lowest BCUT2D eigenvalue weighted by Gasteiger charge is -2.22. The van der Waals surface area contributed by atoms with Crippen LogP contribution in [-0.4, -0.2) is 28.1 Å². The number of hydrogen-bond donors (Lipinski definition) is 1. The van der Waals surface area contributed by atoms with E-state index in [4.69, 9.17) is 5.26 Å². The van der Waals surface area contributed by atoms with Crippen LogP contribution in [0.2, 0.25) is 0 Å². The van der Waals surface area contributed by atoms with Crippen LogP contribution in [0.3, 0.4) is 0 Å². The van der Waals surface area contributed by atoms with Crippen LogP contribution in [0, 0.1) is 23.1 Å². The Kier molecular flexibility index (Phi) is 3.19. The van der Waals surface area contributed by atoms with E-state index in [0.29, 0.717) is 18.5 Å². The van der Waals surface area contributed by atoms with E-state index in [1.807, 2.05) is 6.07 Å². The summed E-state index contributed by atoms with van der Waals surface area (Å²) in [5, 5.41) is 18.1. The zero-order valence-corrected chi connectivity index (χ0v) is 10.9. The van der Waals surface area contributed by atoms with Crippen LogP contribution in [-0.2, 0) is 11.3 Å². The van der Waals surface area contributed by atoms with Crippen molar-refractivity contribution in [1.82, 2.24) is 4.90 Å². The Morgan fingerprint density at radius 1 is 1.45 bits per heavy atom. The minimum atomic E-state index is -0.737. The molecule has 3 rings (SSSR count). The number of halogens is 1. The van der Waals surface area contributed by atoms with E-state index in [9.17, 15) is 14.3 Å². The molecule has 3 atom stereocenters. The number of nitriles is 1. The zero-order chi connectivity index (χ0) is 14.3. The zero-order valence-electron chi connectivity index (χ0n) is 10.9. The number of nitrogens with zero attached hydrogens (tertiary/aromatic N) is 2. The molecule has 0 saturated carbocycles. The number of hydrogen-bond acceptors (Lipinski definition) is 3. The molecule has 2 bridgehead atoms. The number of carboxylic acids is 1. The molecule has 104 valence electrons. The monoisotopic (exact) mass is 274 g/mol. The van der Waals surface area contributed by atoms with Crippen molar-refractivity contribution in [1.29, 1.82) is 5.26 Å². The molecule has 1 aromatic carbocycles. The van der Waals surface area contributed by atoms with Gasteiger partial charge in [0.25, 0.3) is 0 Å². The van der Waals surface area contributed by atoms with Crippen molar-refractivity contribution < 1.29 is 14.3 Å². The molecule has 2 saturated heterocycles. The molecule has 1 N–H and O–H groups in total. The molecule has 1 aromatic rings. The fourth-order valence-corrected chi connectivity index (χ4v) is 3.63. The van der Waals surface area contributed by atoms with Gasteiger partial charge in [0.2, 0.25) is 0 Å². The summed E-state index contributed by atoms with van der Waals surface area (Å²) in [6.07, 6.45) is 2.58. The van der Waals surface area contributed by atoms with Crippen molar-refractivity contribution in [2.75, 3.05) is 0 Å². The van der Waals surface area contributed by atoms with E-state index in [0.717, 1.165) is 18.4 Å². The largest absolute Gasteiger partial charge is 0.481 e. The highest BCUT2D eigenvalue weighted by Crippen LogP contribution is 2.42.